The van der Waals surface area contributed by atoms with Crippen LogP contribution in [0.15, 0.2) is 54.6 Å². The molecule has 0 unspecified atom stereocenters. The third kappa shape index (κ3) is 5.90. The van der Waals surface area contributed by atoms with Gasteiger partial charge in [-0.3, -0.25) is 14.4 Å². The summed E-state index contributed by atoms with van der Waals surface area (Å²) in [6.07, 6.45) is 0.964. The van der Waals surface area contributed by atoms with Crippen molar-refractivity contribution in [1.82, 2.24) is 15.1 Å². The summed E-state index contributed by atoms with van der Waals surface area (Å²) < 4.78 is 0. The molecule has 202 valence electrons. The van der Waals surface area contributed by atoms with Crippen LogP contribution in [0.5, 0.6) is 0 Å². The predicted octanol–water partition coefficient (Wildman–Crippen LogP) is 4.21. The van der Waals surface area contributed by atoms with Gasteiger partial charge >= 0.3 is 6.03 Å². The normalized spacial score (nSPS) is 19.9. The fourth-order valence-electron chi connectivity index (χ4n) is 5.31. The van der Waals surface area contributed by atoms with Gasteiger partial charge in [-0.1, -0.05) is 65.0 Å². The molecule has 0 radical (unpaired) electrons. The molecule has 0 aliphatic carbocycles. The molecular formula is C30H38N4O4. The second-order valence-electron chi connectivity index (χ2n) is 11.7. The van der Waals surface area contributed by atoms with Crippen LogP contribution in [-0.2, 0) is 15.0 Å². The largest absolute Gasteiger partial charge is 0.340 e. The van der Waals surface area contributed by atoms with E-state index in [-0.39, 0.29) is 47.5 Å². The van der Waals surface area contributed by atoms with Crippen LogP contribution < -0.4 is 10.6 Å². The number of urea groups is 1. The molecule has 2 N–H and O–H groups in total. The van der Waals surface area contributed by atoms with Crippen molar-refractivity contribution in [3.05, 3.63) is 65.7 Å². The molecule has 2 saturated heterocycles. The van der Waals surface area contributed by atoms with E-state index in [0.29, 0.717) is 30.6 Å². The lowest BCUT2D eigenvalue weighted by Crippen LogP contribution is -2.53. The molecule has 2 aliphatic heterocycles. The van der Waals surface area contributed by atoms with Crippen LogP contribution in [0.4, 0.5) is 10.5 Å². The fraction of sp³-hybridized carbons (Fsp3) is 0.467. The van der Waals surface area contributed by atoms with E-state index in [1.807, 2.05) is 44.2 Å². The Hall–Kier alpha value is -3.68. The van der Waals surface area contributed by atoms with Gasteiger partial charge in [0.1, 0.15) is 12.1 Å². The van der Waals surface area contributed by atoms with Crippen LogP contribution in [0.25, 0.3) is 0 Å². The van der Waals surface area contributed by atoms with Gasteiger partial charge in [0.25, 0.3) is 5.91 Å². The first-order chi connectivity index (χ1) is 18.0. The Kier molecular flexibility index (Phi) is 7.90. The summed E-state index contributed by atoms with van der Waals surface area (Å²) >= 11 is 0. The van der Waals surface area contributed by atoms with Gasteiger partial charge in [0, 0.05) is 17.8 Å². The molecular weight excluding hydrogens is 480 g/mol. The van der Waals surface area contributed by atoms with Gasteiger partial charge in [-0.05, 0) is 54.0 Å². The molecule has 2 aliphatic rings. The first kappa shape index (κ1) is 27.4. The number of fused-ring (bicyclic) bond motifs is 1. The molecule has 4 amide bonds. The van der Waals surface area contributed by atoms with Crippen LogP contribution in [0, 0.1) is 5.92 Å². The van der Waals surface area contributed by atoms with E-state index < -0.39 is 12.1 Å². The van der Waals surface area contributed by atoms with E-state index in [9.17, 15) is 19.2 Å². The van der Waals surface area contributed by atoms with Gasteiger partial charge in [-0.2, -0.15) is 0 Å². The summed E-state index contributed by atoms with van der Waals surface area (Å²) in [5, 5.41) is 5.77. The number of hydrogen-bond acceptors (Lipinski definition) is 4. The van der Waals surface area contributed by atoms with E-state index in [1.54, 1.807) is 29.2 Å². The molecule has 0 saturated carbocycles. The van der Waals surface area contributed by atoms with E-state index in [2.05, 4.69) is 31.4 Å². The Morgan fingerprint density at radius 2 is 1.63 bits per heavy atom. The second kappa shape index (κ2) is 11.0. The van der Waals surface area contributed by atoms with Crippen LogP contribution >= 0.6 is 0 Å². The number of hydrogen-bond donors (Lipinski definition) is 2. The third-order valence-corrected chi connectivity index (χ3v) is 7.32. The molecule has 8 heteroatoms. The molecule has 2 aromatic rings. The number of benzene rings is 2. The third-order valence-electron chi connectivity index (χ3n) is 7.32. The average Bonchev–Trinajstić information content (AvgIpc) is 3.44. The maximum absolute atomic E-state index is 13.7. The highest BCUT2D eigenvalue weighted by Crippen LogP contribution is 2.31. The number of carbonyl (C=O) groups is 4. The van der Waals surface area contributed by atoms with Gasteiger partial charge in [0.2, 0.25) is 5.91 Å². The van der Waals surface area contributed by atoms with Crippen molar-refractivity contribution in [1.29, 1.82) is 0 Å². The van der Waals surface area contributed by atoms with Crippen LogP contribution in [-0.4, -0.2) is 64.6 Å². The van der Waals surface area contributed by atoms with Gasteiger partial charge < -0.3 is 20.4 Å². The van der Waals surface area contributed by atoms with Crippen LogP contribution in [0.2, 0.25) is 0 Å². The first-order valence-electron chi connectivity index (χ1n) is 13.3. The van der Waals surface area contributed by atoms with Crippen LogP contribution in [0.3, 0.4) is 0 Å². The lowest BCUT2D eigenvalue weighted by molar-refractivity contribution is -0.138. The van der Waals surface area contributed by atoms with Gasteiger partial charge in [-0.25, -0.2) is 4.79 Å². The minimum atomic E-state index is -0.761. The quantitative estimate of drug-likeness (QED) is 0.598. The average molecular weight is 519 g/mol. The maximum Gasteiger partial charge on any atom is 0.322 e. The lowest BCUT2D eigenvalue weighted by atomic mass is 9.86. The number of carbonyl (C=O) groups excluding carboxylic acids is 4. The number of amides is 4. The minimum Gasteiger partial charge on any atom is -0.340 e. The van der Waals surface area contributed by atoms with Crippen molar-refractivity contribution in [2.45, 2.75) is 71.0 Å². The Balaban J connectivity index is 1.47. The topological polar surface area (TPSA) is 98.8 Å². The molecule has 2 fully saturated rings. The van der Waals surface area contributed by atoms with Gasteiger partial charge in [0.05, 0.1) is 12.6 Å². The summed E-state index contributed by atoms with van der Waals surface area (Å²) in [6, 6.07) is 14.3. The van der Waals surface area contributed by atoms with E-state index in [4.69, 9.17) is 0 Å². The van der Waals surface area contributed by atoms with Crippen molar-refractivity contribution in [3.8, 4) is 0 Å². The highest BCUT2D eigenvalue weighted by molar-refractivity contribution is 6.02. The number of rotatable bonds is 6. The highest BCUT2D eigenvalue weighted by Gasteiger charge is 2.52. The second-order valence-corrected chi connectivity index (χ2v) is 11.7. The standard InChI is InChI=1S/C30H38N4O4/c1-19(2)17-23(32-27(36)20-11-13-21(14-12-20)30(3,4)5)28(37)33-16-15-24-26(33)25(35)18-34(24)29(38)31-22-9-7-6-8-10-22/h6-14,19,23-24,26H,15-18H2,1-5H3,(H,31,38)(H,32,36)/t23-,24+,26-/m0/s1. The fourth-order valence-corrected chi connectivity index (χ4v) is 5.31. The zero-order valence-electron chi connectivity index (χ0n) is 22.9. The Morgan fingerprint density at radius 3 is 2.24 bits per heavy atom. The SMILES string of the molecule is CC(C)C[C@H](NC(=O)c1ccc(C(C)(C)C)cc1)C(=O)N1CC[C@@H]2[C@H]1C(=O)CN2C(=O)Nc1ccccc1. The maximum atomic E-state index is 13.7. The Labute approximate surface area is 224 Å². The molecule has 3 atom stereocenters. The number of nitrogens with zero attached hydrogens (tertiary/aromatic N) is 2. The van der Waals surface area contributed by atoms with Gasteiger partial charge in [0.15, 0.2) is 5.78 Å². The zero-order valence-corrected chi connectivity index (χ0v) is 22.9. The molecule has 4 rings (SSSR count). The molecule has 0 aromatic heterocycles. The lowest BCUT2D eigenvalue weighted by Gasteiger charge is -2.29. The summed E-state index contributed by atoms with van der Waals surface area (Å²) in [5.41, 5.74) is 2.22. The smallest absolute Gasteiger partial charge is 0.322 e. The monoisotopic (exact) mass is 518 g/mol. The molecule has 38 heavy (non-hydrogen) atoms. The summed E-state index contributed by atoms with van der Waals surface area (Å²) in [5.74, 6) is -0.596. The number of ketones is 1. The summed E-state index contributed by atoms with van der Waals surface area (Å²) in [4.78, 5) is 55.9. The number of para-hydroxylation sites is 1. The highest BCUT2D eigenvalue weighted by atomic mass is 16.2. The number of Topliss-reactive ketones (excluding diaryl/α,β-unsaturated/α-hetero) is 1. The van der Waals surface area contributed by atoms with Crippen molar-refractivity contribution >= 4 is 29.3 Å². The van der Waals surface area contributed by atoms with Crippen LogP contribution in [0.1, 0.15) is 63.4 Å². The van der Waals surface area contributed by atoms with E-state index >= 15 is 0 Å². The summed E-state index contributed by atoms with van der Waals surface area (Å²) in [7, 11) is 0. The minimum absolute atomic E-state index is 0.0306. The Bertz CT molecular complexity index is 1190. The summed E-state index contributed by atoms with van der Waals surface area (Å²) in [6.45, 7) is 10.6. The number of nitrogens with one attached hydrogen (secondary N) is 2. The molecule has 2 aromatic carbocycles. The van der Waals surface area contributed by atoms with E-state index in [1.165, 1.54) is 4.90 Å². The van der Waals surface area contributed by atoms with E-state index in [0.717, 1.165) is 5.56 Å². The molecule has 8 nitrogen and oxygen atoms in total. The van der Waals surface area contributed by atoms with Crippen molar-refractivity contribution < 1.29 is 19.2 Å². The van der Waals surface area contributed by atoms with Gasteiger partial charge in [-0.15, -0.1) is 0 Å². The van der Waals surface area contributed by atoms with Crippen molar-refractivity contribution in [2.24, 2.45) is 5.92 Å². The molecule has 0 bridgehead atoms. The molecule has 2 heterocycles. The number of likely N-dealkylation sites (tertiary alicyclic amines) is 2. The number of anilines is 1. The first-order valence-corrected chi connectivity index (χ1v) is 13.3. The van der Waals surface area contributed by atoms with Crippen molar-refractivity contribution in [3.63, 3.8) is 0 Å². The zero-order chi connectivity index (χ0) is 27.6. The Morgan fingerprint density at radius 1 is 0.974 bits per heavy atom. The van der Waals surface area contributed by atoms with Crippen molar-refractivity contribution in [2.75, 3.05) is 18.4 Å². The predicted molar refractivity (Wildman–Crippen MR) is 147 cm³/mol. The molecule has 0 spiro atoms.